The molecule has 10 heteroatoms. The average molecular weight is 487 g/mol. The van der Waals surface area contributed by atoms with E-state index in [4.69, 9.17) is 4.74 Å². The first-order chi connectivity index (χ1) is 15.0. The number of rotatable bonds is 9. The normalized spacial score (nSPS) is 12.7. The van der Waals surface area contributed by atoms with Gasteiger partial charge in [0.25, 0.3) is 0 Å². The van der Waals surface area contributed by atoms with Crippen molar-refractivity contribution >= 4 is 21.0 Å². The topological polar surface area (TPSA) is 66.4 Å². The van der Waals surface area contributed by atoms with Crippen LogP contribution in [0.4, 0.5) is 17.6 Å². The number of hydrogen-bond acceptors (Lipinski definition) is 4. The highest BCUT2D eigenvalue weighted by molar-refractivity contribution is 7.97. The van der Waals surface area contributed by atoms with Crippen LogP contribution in [0.5, 0.6) is 5.75 Å². The number of halogens is 4. The molecule has 0 saturated carbocycles. The molecule has 0 heterocycles. The van der Waals surface area contributed by atoms with Gasteiger partial charge in [-0.3, -0.25) is 0 Å². The van der Waals surface area contributed by atoms with Crippen LogP contribution in [0.15, 0.2) is 99.6 Å². The number of benzene rings is 3. The second-order valence-electron chi connectivity index (χ2n) is 6.68. The van der Waals surface area contributed by atoms with Crippen LogP contribution in [-0.4, -0.2) is 30.8 Å². The summed E-state index contributed by atoms with van der Waals surface area (Å²) in [4.78, 5) is 3.05. The molecule has 3 rings (SSSR count). The van der Waals surface area contributed by atoms with Gasteiger partial charge in [0.15, 0.2) is 24.8 Å². The quantitative estimate of drug-likeness (QED) is 0.233. The highest BCUT2D eigenvalue weighted by atomic mass is 32.2. The monoisotopic (exact) mass is 486 g/mol. The van der Waals surface area contributed by atoms with Crippen LogP contribution in [0.25, 0.3) is 0 Å². The summed E-state index contributed by atoms with van der Waals surface area (Å²) in [5.74, 6) is -4.91. The van der Waals surface area contributed by atoms with Gasteiger partial charge in [-0.1, -0.05) is 36.4 Å². The van der Waals surface area contributed by atoms with Gasteiger partial charge < -0.3 is 9.29 Å². The van der Waals surface area contributed by atoms with Crippen molar-refractivity contribution in [3.8, 4) is 5.75 Å². The minimum absolute atomic E-state index is 0.141. The maximum absolute atomic E-state index is 13.5. The lowest BCUT2D eigenvalue weighted by atomic mass is 10.2. The van der Waals surface area contributed by atoms with Gasteiger partial charge in [0.05, 0.1) is 23.9 Å². The van der Waals surface area contributed by atoms with Gasteiger partial charge >= 0.3 is 11.2 Å². The van der Waals surface area contributed by atoms with Crippen molar-refractivity contribution in [2.24, 2.45) is 0 Å². The summed E-state index contributed by atoms with van der Waals surface area (Å²) >= 11 is 0. The molecule has 0 aliphatic carbocycles. The number of ether oxygens (including phenoxy) is 1. The van der Waals surface area contributed by atoms with Gasteiger partial charge in [0.2, 0.25) is 0 Å². The van der Waals surface area contributed by atoms with Gasteiger partial charge in [-0.2, -0.15) is 17.6 Å². The van der Waals surface area contributed by atoms with E-state index in [0.29, 0.717) is 0 Å². The van der Waals surface area contributed by atoms with Crippen molar-refractivity contribution in [3.05, 3.63) is 84.9 Å². The fourth-order valence-electron chi connectivity index (χ4n) is 2.82. The summed E-state index contributed by atoms with van der Waals surface area (Å²) < 4.78 is 89.9. The molecule has 0 aliphatic rings. The highest BCUT2D eigenvalue weighted by Gasteiger charge is 2.61. The fourth-order valence-corrected chi connectivity index (χ4v) is 5.37. The van der Waals surface area contributed by atoms with Crippen LogP contribution in [0.3, 0.4) is 0 Å². The molecule has 3 aromatic rings. The van der Waals surface area contributed by atoms with Crippen LogP contribution in [0.1, 0.15) is 6.42 Å². The Kier molecular flexibility index (Phi) is 7.16. The summed E-state index contributed by atoms with van der Waals surface area (Å²) in [6.45, 7) is -0.902. The zero-order chi connectivity index (χ0) is 23.4. The second kappa shape index (κ2) is 9.51. The Morgan fingerprint density at radius 3 is 1.62 bits per heavy atom. The standard InChI is InChI=1S/C22H18F4O4S2/c23-21(24,22(25,26)32(27,28)29)15-16-30-17-11-13-20(14-12-17)31(18-7-3-1-4-8-18)19-9-5-2-6-10-19/h1-14H,15-16H2. The van der Waals surface area contributed by atoms with E-state index in [9.17, 15) is 30.5 Å². The van der Waals surface area contributed by atoms with Crippen molar-refractivity contribution in [2.45, 2.75) is 32.3 Å². The van der Waals surface area contributed by atoms with Crippen LogP contribution < -0.4 is 4.74 Å². The van der Waals surface area contributed by atoms with E-state index >= 15 is 0 Å². The van der Waals surface area contributed by atoms with Crippen molar-refractivity contribution in [2.75, 3.05) is 6.61 Å². The van der Waals surface area contributed by atoms with Gasteiger partial charge in [0, 0.05) is 0 Å². The largest absolute Gasteiger partial charge is 0.743 e. The molecular weight excluding hydrogens is 468 g/mol. The Morgan fingerprint density at radius 2 is 1.19 bits per heavy atom. The summed E-state index contributed by atoms with van der Waals surface area (Å²) in [6, 6.07) is 26.0. The van der Waals surface area contributed by atoms with Crippen molar-refractivity contribution in [1.82, 2.24) is 0 Å². The first-order valence-electron chi connectivity index (χ1n) is 9.31. The van der Waals surface area contributed by atoms with Crippen molar-refractivity contribution in [1.29, 1.82) is 0 Å². The van der Waals surface area contributed by atoms with Gasteiger partial charge in [-0.25, -0.2) is 8.42 Å². The molecule has 0 unspecified atom stereocenters. The summed E-state index contributed by atoms with van der Waals surface area (Å²) in [5.41, 5.74) is 0. The summed E-state index contributed by atoms with van der Waals surface area (Å²) in [5, 5.41) is -5.72. The Balaban J connectivity index is 1.74. The molecular formula is C22H18F4O4S2. The van der Waals surface area contributed by atoms with Gasteiger partial charge in [0.1, 0.15) is 5.75 Å². The zero-order valence-corrected chi connectivity index (χ0v) is 18.1. The highest BCUT2D eigenvalue weighted by Crippen LogP contribution is 2.40. The van der Waals surface area contributed by atoms with E-state index in [1.165, 1.54) is 12.1 Å². The SMILES string of the molecule is O=S(=O)([O-])C(F)(F)C(F)(F)CCOc1ccc([S+](c2ccccc2)c2ccccc2)cc1. The van der Waals surface area contributed by atoms with E-state index in [-0.39, 0.29) is 5.75 Å². The van der Waals surface area contributed by atoms with Gasteiger partial charge in [-0.15, -0.1) is 0 Å². The van der Waals surface area contributed by atoms with Crippen molar-refractivity contribution in [3.63, 3.8) is 0 Å². The molecule has 0 N–H and O–H groups in total. The Labute approximate surface area is 186 Å². The van der Waals surface area contributed by atoms with Crippen LogP contribution in [-0.2, 0) is 21.0 Å². The molecule has 0 radical (unpaired) electrons. The second-order valence-corrected chi connectivity index (χ2v) is 10.1. The first kappa shape index (κ1) is 24.1. The molecule has 32 heavy (non-hydrogen) atoms. The molecule has 0 aliphatic heterocycles. The molecule has 0 atom stereocenters. The van der Waals surface area contributed by atoms with Crippen LogP contribution >= 0.6 is 0 Å². The van der Waals surface area contributed by atoms with E-state index < -0.39 is 45.2 Å². The third-order valence-corrected chi connectivity index (χ3v) is 7.60. The first-order valence-corrected chi connectivity index (χ1v) is 11.9. The third-order valence-electron chi connectivity index (χ3n) is 4.44. The summed E-state index contributed by atoms with van der Waals surface area (Å²) in [6.07, 6.45) is -1.64. The lowest BCUT2D eigenvalue weighted by molar-refractivity contribution is -0.167. The maximum Gasteiger partial charge on any atom is 0.396 e. The lowest BCUT2D eigenvalue weighted by Crippen LogP contribution is -2.47. The lowest BCUT2D eigenvalue weighted by Gasteiger charge is -2.28. The van der Waals surface area contributed by atoms with E-state index in [1.54, 1.807) is 12.1 Å². The molecule has 170 valence electrons. The third kappa shape index (κ3) is 5.25. The molecule has 3 aromatic carbocycles. The Bertz CT molecular complexity index is 1080. The molecule has 0 aromatic heterocycles. The smallest absolute Gasteiger partial charge is 0.396 e. The number of alkyl halides is 4. The molecule has 4 nitrogen and oxygen atoms in total. The minimum atomic E-state index is -6.51. The van der Waals surface area contributed by atoms with E-state index in [0.717, 1.165) is 14.7 Å². The zero-order valence-electron chi connectivity index (χ0n) is 16.5. The maximum atomic E-state index is 13.5. The average Bonchev–Trinajstić information content (AvgIpc) is 2.75. The Morgan fingerprint density at radius 1 is 0.750 bits per heavy atom. The predicted octanol–water partition coefficient (Wildman–Crippen LogP) is 5.32. The minimum Gasteiger partial charge on any atom is -0.743 e. The van der Waals surface area contributed by atoms with E-state index in [1.807, 2.05) is 60.7 Å². The molecule has 0 bridgehead atoms. The van der Waals surface area contributed by atoms with Crippen LogP contribution in [0, 0.1) is 0 Å². The number of hydrogen-bond donors (Lipinski definition) is 0. The molecule has 0 fully saturated rings. The van der Waals surface area contributed by atoms with Crippen molar-refractivity contribution < 1.29 is 35.3 Å². The van der Waals surface area contributed by atoms with E-state index in [2.05, 4.69) is 0 Å². The summed E-state index contributed by atoms with van der Waals surface area (Å²) in [7, 11) is -6.95. The predicted molar refractivity (Wildman–Crippen MR) is 111 cm³/mol. The fraction of sp³-hybridized carbons (Fsp3) is 0.182. The molecule has 0 spiro atoms. The Hall–Kier alpha value is -2.56. The molecule has 0 saturated heterocycles. The molecule has 0 amide bonds. The van der Waals surface area contributed by atoms with Gasteiger partial charge in [-0.05, 0) is 48.5 Å². The van der Waals surface area contributed by atoms with Crippen LogP contribution in [0.2, 0.25) is 0 Å².